The van der Waals surface area contributed by atoms with Crippen molar-refractivity contribution in [2.45, 2.75) is 25.4 Å². The Hall–Kier alpha value is -1.68. The topological polar surface area (TPSA) is 42.7 Å². The van der Waals surface area contributed by atoms with Crippen molar-refractivity contribution in [2.75, 3.05) is 6.54 Å². The van der Waals surface area contributed by atoms with Gasteiger partial charge in [0.25, 0.3) is 0 Å². The lowest BCUT2D eigenvalue weighted by Crippen LogP contribution is -2.27. The van der Waals surface area contributed by atoms with Gasteiger partial charge in [-0.1, -0.05) is 31.2 Å². The lowest BCUT2D eigenvalue weighted by atomic mass is 10.1. The van der Waals surface area contributed by atoms with Crippen LogP contribution in [0.2, 0.25) is 0 Å². The summed E-state index contributed by atoms with van der Waals surface area (Å²) in [6.45, 7) is 3.10. The van der Waals surface area contributed by atoms with Crippen LogP contribution in [0.1, 0.15) is 30.1 Å². The molecule has 0 amide bonds. The van der Waals surface area contributed by atoms with E-state index in [-0.39, 0.29) is 0 Å². The molecule has 2 unspecified atom stereocenters. The first-order chi connectivity index (χ1) is 8.40. The van der Waals surface area contributed by atoms with E-state index in [2.05, 4.69) is 46.6 Å². The summed E-state index contributed by atoms with van der Waals surface area (Å²) in [5.41, 5.74) is 2.81. The minimum atomic E-state index is 0.342. The highest BCUT2D eigenvalue weighted by molar-refractivity contribution is 5.36. The van der Waals surface area contributed by atoms with E-state index in [4.69, 9.17) is 0 Å². The predicted octanol–water partition coefficient (Wildman–Crippen LogP) is 1.73. The molecule has 88 valence electrons. The molecule has 1 heterocycles. The molecule has 2 atom stereocenters. The van der Waals surface area contributed by atoms with Crippen molar-refractivity contribution < 1.29 is 0 Å². The summed E-state index contributed by atoms with van der Waals surface area (Å²) in [5.74, 6) is 0. The zero-order valence-corrected chi connectivity index (χ0v) is 9.87. The highest BCUT2D eigenvalue weighted by Crippen LogP contribution is 2.38. The molecule has 3 rings (SSSR count). The van der Waals surface area contributed by atoms with Gasteiger partial charge in [0, 0.05) is 0 Å². The number of likely N-dealkylation sites (N-methyl/N-ethyl adjacent to an activating group) is 1. The van der Waals surface area contributed by atoms with Crippen LogP contribution in [0.15, 0.2) is 36.9 Å². The first kappa shape index (κ1) is 10.5. The van der Waals surface area contributed by atoms with E-state index in [1.165, 1.54) is 11.1 Å². The van der Waals surface area contributed by atoms with Crippen LogP contribution in [0.3, 0.4) is 0 Å². The summed E-state index contributed by atoms with van der Waals surface area (Å²) in [4.78, 5) is 4.05. The molecule has 1 aliphatic carbocycles. The summed E-state index contributed by atoms with van der Waals surface area (Å²) in [5, 5.41) is 7.83. The van der Waals surface area contributed by atoms with Crippen LogP contribution in [-0.4, -0.2) is 21.3 Å². The standard InChI is InChI=1S/C13H16N4/c1-2-15-13-11-6-4-3-5-10(11)7-12(13)17-9-14-8-16-17/h3-6,8-9,12-13,15H,2,7H2,1H3. The van der Waals surface area contributed by atoms with Gasteiger partial charge in [-0.05, 0) is 24.1 Å². The number of aromatic nitrogens is 3. The monoisotopic (exact) mass is 228 g/mol. The quantitative estimate of drug-likeness (QED) is 0.870. The molecule has 0 bridgehead atoms. The van der Waals surface area contributed by atoms with Gasteiger partial charge in [-0.2, -0.15) is 5.10 Å². The second-order valence-corrected chi connectivity index (χ2v) is 4.38. The van der Waals surface area contributed by atoms with E-state index in [9.17, 15) is 0 Å². The van der Waals surface area contributed by atoms with E-state index in [1.54, 1.807) is 12.7 Å². The lowest BCUT2D eigenvalue weighted by molar-refractivity contribution is 0.359. The van der Waals surface area contributed by atoms with Gasteiger partial charge < -0.3 is 5.32 Å². The zero-order valence-electron chi connectivity index (χ0n) is 9.87. The minimum absolute atomic E-state index is 0.342. The molecule has 4 heteroatoms. The third kappa shape index (κ3) is 1.74. The van der Waals surface area contributed by atoms with Gasteiger partial charge in [-0.25, -0.2) is 9.67 Å². The van der Waals surface area contributed by atoms with Crippen LogP contribution in [0, 0.1) is 0 Å². The first-order valence-corrected chi connectivity index (χ1v) is 6.05. The zero-order chi connectivity index (χ0) is 11.7. The maximum atomic E-state index is 4.28. The fourth-order valence-corrected chi connectivity index (χ4v) is 2.67. The number of rotatable bonds is 3. The number of nitrogens with one attached hydrogen (secondary N) is 1. The summed E-state index contributed by atoms with van der Waals surface area (Å²) in [6, 6.07) is 9.31. The fourth-order valence-electron chi connectivity index (χ4n) is 2.67. The molecule has 0 spiro atoms. The normalized spacial score (nSPS) is 22.6. The van der Waals surface area contributed by atoms with Gasteiger partial charge in [0.15, 0.2) is 0 Å². The Bertz CT molecular complexity index is 492. The Morgan fingerprint density at radius 1 is 1.41 bits per heavy atom. The summed E-state index contributed by atoms with van der Waals surface area (Å²) in [6.07, 6.45) is 4.43. The van der Waals surface area contributed by atoms with Gasteiger partial charge in [-0.3, -0.25) is 0 Å². The molecule has 1 aliphatic rings. The number of hydrogen-bond donors (Lipinski definition) is 1. The van der Waals surface area contributed by atoms with Crippen LogP contribution in [0.5, 0.6) is 0 Å². The van der Waals surface area contributed by atoms with Crippen LogP contribution < -0.4 is 5.32 Å². The summed E-state index contributed by atoms with van der Waals surface area (Å²) >= 11 is 0. The third-order valence-corrected chi connectivity index (χ3v) is 3.40. The van der Waals surface area contributed by atoms with Gasteiger partial charge in [0.1, 0.15) is 12.7 Å². The lowest BCUT2D eigenvalue weighted by Gasteiger charge is -2.21. The van der Waals surface area contributed by atoms with Gasteiger partial charge in [-0.15, -0.1) is 0 Å². The average Bonchev–Trinajstić information content (AvgIpc) is 2.97. The summed E-state index contributed by atoms with van der Waals surface area (Å²) < 4.78 is 1.97. The molecule has 4 nitrogen and oxygen atoms in total. The molecule has 0 saturated carbocycles. The van der Waals surface area contributed by atoms with Crippen molar-refractivity contribution in [1.29, 1.82) is 0 Å². The molecule has 0 radical (unpaired) electrons. The maximum absolute atomic E-state index is 4.28. The van der Waals surface area contributed by atoms with Crippen molar-refractivity contribution >= 4 is 0 Å². The van der Waals surface area contributed by atoms with Crippen LogP contribution in [-0.2, 0) is 6.42 Å². The fraction of sp³-hybridized carbons (Fsp3) is 0.385. The van der Waals surface area contributed by atoms with Gasteiger partial charge in [0.05, 0.1) is 12.1 Å². The highest BCUT2D eigenvalue weighted by atomic mass is 15.3. The molecule has 0 fully saturated rings. The predicted molar refractivity (Wildman–Crippen MR) is 65.6 cm³/mol. The molecule has 1 N–H and O–H groups in total. The molecule has 17 heavy (non-hydrogen) atoms. The van der Waals surface area contributed by atoms with E-state index in [1.807, 2.05) is 4.68 Å². The van der Waals surface area contributed by atoms with Gasteiger partial charge in [0.2, 0.25) is 0 Å². The highest BCUT2D eigenvalue weighted by Gasteiger charge is 2.33. The second-order valence-electron chi connectivity index (χ2n) is 4.38. The maximum Gasteiger partial charge on any atom is 0.137 e. The van der Waals surface area contributed by atoms with Crippen LogP contribution in [0.25, 0.3) is 0 Å². The Kier molecular flexibility index (Phi) is 2.65. The largest absolute Gasteiger partial charge is 0.308 e. The van der Waals surface area contributed by atoms with E-state index >= 15 is 0 Å². The SMILES string of the molecule is CCNC1c2ccccc2CC1n1cncn1. The molecule has 2 aromatic rings. The van der Waals surface area contributed by atoms with Crippen molar-refractivity contribution in [3.05, 3.63) is 48.0 Å². The number of fused-ring (bicyclic) bond motifs is 1. The van der Waals surface area contributed by atoms with Gasteiger partial charge >= 0.3 is 0 Å². The summed E-state index contributed by atoms with van der Waals surface area (Å²) in [7, 11) is 0. The van der Waals surface area contributed by atoms with E-state index < -0.39 is 0 Å². The van der Waals surface area contributed by atoms with Crippen molar-refractivity contribution in [1.82, 2.24) is 20.1 Å². The molecular weight excluding hydrogens is 212 g/mol. The number of hydrogen-bond acceptors (Lipinski definition) is 3. The van der Waals surface area contributed by atoms with Crippen molar-refractivity contribution in [2.24, 2.45) is 0 Å². The molecule has 1 aromatic heterocycles. The van der Waals surface area contributed by atoms with E-state index in [0.717, 1.165) is 13.0 Å². The third-order valence-electron chi connectivity index (χ3n) is 3.40. The smallest absolute Gasteiger partial charge is 0.137 e. The Morgan fingerprint density at radius 2 is 2.29 bits per heavy atom. The molecule has 0 aliphatic heterocycles. The number of benzene rings is 1. The van der Waals surface area contributed by atoms with Crippen molar-refractivity contribution in [3.63, 3.8) is 0 Å². The minimum Gasteiger partial charge on any atom is -0.308 e. The van der Waals surface area contributed by atoms with Crippen LogP contribution in [0.4, 0.5) is 0 Å². The van der Waals surface area contributed by atoms with E-state index in [0.29, 0.717) is 12.1 Å². The second kappa shape index (κ2) is 4.30. The Labute approximate surface area is 101 Å². The number of nitrogens with zero attached hydrogens (tertiary/aromatic N) is 3. The Morgan fingerprint density at radius 3 is 3.06 bits per heavy atom. The molecule has 0 saturated heterocycles. The van der Waals surface area contributed by atoms with Crippen LogP contribution >= 0.6 is 0 Å². The molecular formula is C13H16N4. The van der Waals surface area contributed by atoms with Crippen molar-refractivity contribution in [3.8, 4) is 0 Å². The molecule has 1 aromatic carbocycles. The Balaban J connectivity index is 1.98. The first-order valence-electron chi connectivity index (χ1n) is 6.05. The average molecular weight is 228 g/mol.